The van der Waals surface area contributed by atoms with Crippen LogP contribution >= 0.6 is 0 Å². The zero-order valence-corrected chi connectivity index (χ0v) is 16.5. The van der Waals surface area contributed by atoms with Gasteiger partial charge in [0.05, 0.1) is 32.5 Å². The number of anilines is 1. The normalized spacial score (nSPS) is 20.1. The van der Waals surface area contributed by atoms with Crippen LogP contribution in [0.2, 0.25) is 0 Å². The van der Waals surface area contributed by atoms with Crippen molar-refractivity contribution in [2.75, 3.05) is 44.8 Å². The van der Waals surface area contributed by atoms with Crippen LogP contribution in [0.5, 0.6) is 11.5 Å². The summed E-state index contributed by atoms with van der Waals surface area (Å²) in [6.45, 7) is 5.26. The van der Waals surface area contributed by atoms with Gasteiger partial charge in [-0.1, -0.05) is 30.3 Å². The maximum atomic E-state index is 6.09. The summed E-state index contributed by atoms with van der Waals surface area (Å²) >= 11 is 0. The Kier molecular flexibility index (Phi) is 6.49. The lowest BCUT2D eigenvalue weighted by atomic mass is 10.2. The minimum absolute atomic E-state index is 0.0385. The van der Waals surface area contributed by atoms with Crippen LogP contribution < -0.4 is 20.5 Å². The lowest BCUT2D eigenvalue weighted by Gasteiger charge is -2.32. The highest BCUT2D eigenvalue weighted by Gasteiger charge is 2.20. The molecule has 1 saturated heterocycles. The van der Waals surface area contributed by atoms with E-state index >= 15 is 0 Å². The summed E-state index contributed by atoms with van der Waals surface area (Å²) < 4.78 is 17.2. The van der Waals surface area contributed by atoms with Gasteiger partial charge in [-0.2, -0.15) is 0 Å². The van der Waals surface area contributed by atoms with Gasteiger partial charge in [0, 0.05) is 37.8 Å². The van der Waals surface area contributed by atoms with Crippen LogP contribution in [0.15, 0.2) is 53.5 Å². The molecule has 0 spiro atoms. The minimum Gasteiger partial charge on any atom is -0.490 e. The number of benzene rings is 2. The van der Waals surface area contributed by atoms with Crippen LogP contribution in [0, 0.1) is 0 Å². The highest BCUT2D eigenvalue weighted by Crippen LogP contribution is 2.32. The summed E-state index contributed by atoms with van der Waals surface area (Å²) in [6, 6.07) is 16.2. The minimum atomic E-state index is 0.0385. The first-order valence-electron chi connectivity index (χ1n) is 10.1. The smallest absolute Gasteiger partial charge is 0.193 e. The topological polar surface area (TPSA) is 81.3 Å². The van der Waals surface area contributed by atoms with Crippen molar-refractivity contribution in [2.24, 2.45) is 10.7 Å². The first-order chi connectivity index (χ1) is 14.3. The number of aliphatic imine (C=N–C) groups is 1. The van der Waals surface area contributed by atoms with Gasteiger partial charge in [-0.3, -0.25) is 9.89 Å². The largest absolute Gasteiger partial charge is 0.490 e. The van der Waals surface area contributed by atoms with Gasteiger partial charge in [-0.25, -0.2) is 0 Å². The molecule has 3 N–H and O–H groups in total. The predicted molar refractivity (Wildman–Crippen MR) is 114 cm³/mol. The van der Waals surface area contributed by atoms with Crippen molar-refractivity contribution >= 4 is 11.6 Å². The standard InChI is InChI=1S/C22H28N4O3/c23-22(25-18-7-8-20-21(13-18)29-11-4-10-28-20)24-14-19-16-26(9-12-27-19)15-17-5-2-1-3-6-17/h1-3,5-8,13,19H,4,9-12,14-16H2,(H3,23,24,25). The average molecular weight is 396 g/mol. The molecule has 0 amide bonds. The van der Waals surface area contributed by atoms with E-state index in [0.29, 0.717) is 32.3 Å². The van der Waals surface area contributed by atoms with Gasteiger partial charge in [-0.15, -0.1) is 0 Å². The van der Waals surface area contributed by atoms with Gasteiger partial charge in [-0.05, 0) is 17.7 Å². The number of hydrogen-bond acceptors (Lipinski definition) is 5. The molecule has 29 heavy (non-hydrogen) atoms. The molecule has 2 aliphatic rings. The van der Waals surface area contributed by atoms with E-state index in [1.165, 1.54) is 5.56 Å². The van der Waals surface area contributed by atoms with Crippen LogP contribution in [0.25, 0.3) is 0 Å². The van der Waals surface area contributed by atoms with Gasteiger partial charge in [0.1, 0.15) is 0 Å². The van der Waals surface area contributed by atoms with Gasteiger partial charge in [0.2, 0.25) is 0 Å². The Hall–Kier alpha value is -2.77. The SMILES string of the molecule is NC(=NCC1CN(Cc2ccccc2)CCO1)Nc1ccc2c(c1)OCCCO2. The second-order valence-electron chi connectivity index (χ2n) is 7.28. The summed E-state index contributed by atoms with van der Waals surface area (Å²) in [7, 11) is 0. The molecular weight excluding hydrogens is 368 g/mol. The predicted octanol–water partition coefficient (Wildman–Crippen LogP) is 2.48. The molecule has 0 aromatic heterocycles. The highest BCUT2D eigenvalue weighted by molar-refractivity contribution is 5.92. The molecule has 1 atom stereocenters. The van der Waals surface area contributed by atoms with Crippen molar-refractivity contribution in [3.05, 3.63) is 54.1 Å². The van der Waals surface area contributed by atoms with Gasteiger partial charge >= 0.3 is 0 Å². The molecule has 2 heterocycles. The third-order valence-corrected chi connectivity index (χ3v) is 4.96. The zero-order chi connectivity index (χ0) is 19.9. The highest BCUT2D eigenvalue weighted by atomic mass is 16.5. The summed E-state index contributed by atoms with van der Waals surface area (Å²) in [5.74, 6) is 1.86. The fraction of sp³-hybridized carbons (Fsp3) is 0.409. The van der Waals surface area contributed by atoms with Gasteiger partial charge in [0.25, 0.3) is 0 Å². The van der Waals surface area contributed by atoms with E-state index < -0.39 is 0 Å². The number of hydrogen-bond donors (Lipinski definition) is 2. The van der Waals surface area contributed by atoms with E-state index in [9.17, 15) is 0 Å². The van der Waals surface area contributed by atoms with Crippen molar-refractivity contribution in [3.8, 4) is 11.5 Å². The van der Waals surface area contributed by atoms with E-state index in [0.717, 1.165) is 43.2 Å². The Labute approximate surface area is 171 Å². The van der Waals surface area contributed by atoms with Crippen molar-refractivity contribution in [1.29, 1.82) is 0 Å². The molecule has 7 nitrogen and oxygen atoms in total. The Bertz CT molecular complexity index is 828. The molecule has 2 aliphatic heterocycles. The average Bonchev–Trinajstić information content (AvgIpc) is 2.98. The Morgan fingerprint density at radius 3 is 2.76 bits per heavy atom. The Balaban J connectivity index is 1.30. The van der Waals surface area contributed by atoms with Gasteiger partial charge in [0.15, 0.2) is 17.5 Å². The quantitative estimate of drug-likeness (QED) is 0.597. The second-order valence-corrected chi connectivity index (χ2v) is 7.28. The molecule has 2 aromatic rings. The molecular formula is C22H28N4O3. The number of fused-ring (bicyclic) bond motifs is 1. The Morgan fingerprint density at radius 2 is 1.90 bits per heavy atom. The van der Waals surface area contributed by atoms with Crippen LogP contribution in [0.4, 0.5) is 5.69 Å². The monoisotopic (exact) mass is 396 g/mol. The molecule has 7 heteroatoms. The molecule has 0 bridgehead atoms. The summed E-state index contributed by atoms with van der Waals surface area (Å²) in [4.78, 5) is 6.87. The summed E-state index contributed by atoms with van der Waals surface area (Å²) in [5.41, 5.74) is 8.22. The maximum Gasteiger partial charge on any atom is 0.193 e. The van der Waals surface area contributed by atoms with Crippen molar-refractivity contribution < 1.29 is 14.2 Å². The van der Waals surface area contributed by atoms with Crippen molar-refractivity contribution in [2.45, 2.75) is 19.1 Å². The van der Waals surface area contributed by atoms with Crippen molar-refractivity contribution in [1.82, 2.24) is 4.90 Å². The number of guanidine groups is 1. The number of nitrogens with one attached hydrogen (secondary N) is 1. The fourth-order valence-corrected chi connectivity index (χ4v) is 3.50. The van der Waals surface area contributed by atoms with Crippen LogP contribution in [-0.4, -0.2) is 56.4 Å². The lowest BCUT2D eigenvalue weighted by molar-refractivity contribution is -0.0257. The molecule has 0 aliphatic carbocycles. The molecule has 4 rings (SSSR count). The molecule has 0 radical (unpaired) electrons. The van der Waals surface area contributed by atoms with E-state index in [-0.39, 0.29) is 6.10 Å². The number of morpholine rings is 1. The van der Waals surface area contributed by atoms with Crippen LogP contribution in [-0.2, 0) is 11.3 Å². The molecule has 1 unspecified atom stereocenters. The third-order valence-electron chi connectivity index (χ3n) is 4.96. The molecule has 0 saturated carbocycles. The number of ether oxygens (including phenoxy) is 3. The lowest BCUT2D eigenvalue weighted by Crippen LogP contribution is -2.43. The van der Waals surface area contributed by atoms with Crippen LogP contribution in [0.1, 0.15) is 12.0 Å². The maximum absolute atomic E-state index is 6.09. The second kappa shape index (κ2) is 9.62. The molecule has 1 fully saturated rings. The Morgan fingerprint density at radius 1 is 1.07 bits per heavy atom. The number of rotatable bonds is 5. The fourth-order valence-electron chi connectivity index (χ4n) is 3.50. The summed E-state index contributed by atoms with van der Waals surface area (Å²) in [5, 5.41) is 3.13. The van der Waals surface area contributed by atoms with Crippen molar-refractivity contribution in [3.63, 3.8) is 0 Å². The van der Waals surface area contributed by atoms with E-state index in [1.807, 2.05) is 24.3 Å². The summed E-state index contributed by atoms with van der Waals surface area (Å²) in [6.07, 6.45) is 0.917. The number of nitrogens with zero attached hydrogens (tertiary/aromatic N) is 2. The molecule has 2 aromatic carbocycles. The third kappa shape index (κ3) is 5.62. The van der Waals surface area contributed by atoms with E-state index in [4.69, 9.17) is 19.9 Å². The van der Waals surface area contributed by atoms with E-state index in [2.05, 4.69) is 39.5 Å². The number of nitrogens with two attached hydrogens (primary N) is 1. The zero-order valence-electron chi connectivity index (χ0n) is 16.5. The van der Waals surface area contributed by atoms with Gasteiger partial charge < -0.3 is 25.3 Å². The van der Waals surface area contributed by atoms with Crippen LogP contribution in [0.3, 0.4) is 0 Å². The van der Waals surface area contributed by atoms with E-state index in [1.54, 1.807) is 0 Å². The first kappa shape index (κ1) is 19.5. The molecule has 154 valence electrons. The first-order valence-corrected chi connectivity index (χ1v) is 10.1.